The van der Waals surface area contributed by atoms with E-state index in [1.165, 1.54) is 25.3 Å². The first-order valence-corrected chi connectivity index (χ1v) is 5.58. The number of carbonyl (C=O) groups is 1. The Hall–Kier alpha value is -1.97. The molecule has 0 N–H and O–H groups in total. The summed E-state index contributed by atoms with van der Waals surface area (Å²) in [6, 6.07) is 4.31. The molecule has 0 fully saturated rings. The minimum Gasteiger partial charge on any atom is -0.496 e. The molecule has 0 radical (unpaired) electrons. The maximum Gasteiger partial charge on any atom is 0.198 e. The number of ketones is 1. The summed E-state index contributed by atoms with van der Waals surface area (Å²) in [5.41, 5.74) is 2.43. The summed E-state index contributed by atoms with van der Waals surface area (Å²) in [6.45, 7) is 0. The van der Waals surface area contributed by atoms with E-state index in [-0.39, 0.29) is 12.2 Å². The van der Waals surface area contributed by atoms with Gasteiger partial charge in [0.25, 0.3) is 0 Å². The van der Waals surface area contributed by atoms with E-state index in [1.54, 1.807) is 6.07 Å². The van der Waals surface area contributed by atoms with E-state index >= 15 is 0 Å². The van der Waals surface area contributed by atoms with E-state index in [9.17, 15) is 13.6 Å². The molecule has 2 aliphatic rings. The lowest BCUT2D eigenvalue weighted by atomic mass is 9.94. The number of halogens is 2. The second-order valence-corrected chi connectivity index (χ2v) is 4.33. The molecule has 0 aliphatic heterocycles. The quantitative estimate of drug-likeness (QED) is 0.763. The number of ether oxygens (including phenoxy) is 1. The van der Waals surface area contributed by atoms with Crippen LogP contribution in [0.3, 0.4) is 0 Å². The maximum atomic E-state index is 13.5. The Bertz CT molecular complexity index is 614. The molecule has 0 amide bonds. The van der Waals surface area contributed by atoms with Gasteiger partial charge in [-0.2, -0.15) is 0 Å². The van der Waals surface area contributed by atoms with Gasteiger partial charge in [0.05, 0.1) is 7.11 Å². The molecule has 1 unspecified atom stereocenters. The van der Waals surface area contributed by atoms with Gasteiger partial charge in [0.1, 0.15) is 11.6 Å². The van der Waals surface area contributed by atoms with Crippen LogP contribution < -0.4 is 0 Å². The molecule has 0 spiro atoms. The summed E-state index contributed by atoms with van der Waals surface area (Å²) in [5, 5.41) is 0. The van der Waals surface area contributed by atoms with Gasteiger partial charge in [-0.15, -0.1) is 0 Å². The summed E-state index contributed by atoms with van der Waals surface area (Å²) in [5.74, 6) is -0.564. The molecule has 92 valence electrons. The molecule has 4 heteroatoms. The summed E-state index contributed by atoms with van der Waals surface area (Å²) in [6.07, 6.45) is -0.236. The third-order valence-corrected chi connectivity index (χ3v) is 3.32. The molecule has 1 aromatic rings. The number of fused-ring (bicyclic) bond motifs is 2. The molecule has 0 aromatic heterocycles. The molecule has 0 saturated heterocycles. The van der Waals surface area contributed by atoms with Crippen LogP contribution in [0.4, 0.5) is 8.78 Å². The van der Waals surface area contributed by atoms with Gasteiger partial charge in [0, 0.05) is 23.6 Å². The number of methoxy groups -OCH3 is 1. The summed E-state index contributed by atoms with van der Waals surface area (Å²) < 4.78 is 31.8. The average Bonchev–Trinajstić information content (AvgIpc) is 2.72. The minimum absolute atomic E-state index is 0.266. The molecule has 18 heavy (non-hydrogen) atoms. The van der Waals surface area contributed by atoms with E-state index in [4.69, 9.17) is 4.74 Å². The van der Waals surface area contributed by atoms with Crippen molar-refractivity contribution >= 4 is 11.4 Å². The first-order chi connectivity index (χ1) is 8.61. The molecule has 0 heterocycles. The van der Waals surface area contributed by atoms with Gasteiger partial charge in [-0.3, -0.25) is 4.79 Å². The topological polar surface area (TPSA) is 26.3 Å². The van der Waals surface area contributed by atoms with Crippen molar-refractivity contribution in [3.05, 3.63) is 52.6 Å². The van der Waals surface area contributed by atoms with E-state index in [0.717, 1.165) is 5.56 Å². The summed E-state index contributed by atoms with van der Waals surface area (Å²) >= 11 is 0. The van der Waals surface area contributed by atoms with Gasteiger partial charge in [0.2, 0.25) is 0 Å². The Balaban J connectivity index is 2.18. The lowest BCUT2D eigenvalue weighted by Gasteiger charge is -2.17. The van der Waals surface area contributed by atoms with E-state index < -0.39 is 12.0 Å². The van der Waals surface area contributed by atoms with Crippen molar-refractivity contribution in [1.82, 2.24) is 0 Å². The summed E-state index contributed by atoms with van der Waals surface area (Å²) in [4.78, 5) is 11.8. The van der Waals surface area contributed by atoms with E-state index in [1.807, 2.05) is 0 Å². The lowest BCUT2D eigenvalue weighted by molar-refractivity contribution is -0.118. The first-order valence-electron chi connectivity index (χ1n) is 5.58. The highest BCUT2D eigenvalue weighted by molar-refractivity contribution is 6.13. The zero-order chi connectivity index (χ0) is 12.9. The number of hydrogen-bond donors (Lipinski definition) is 0. The Morgan fingerprint density at radius 2 is 2.17 bits per heavy atom. The normalized spacial score (nSPS) is 21.6. The Kier molecular flexibility index (Phi) is 2.33. The third-order valence-electron chi connectivity index (χ3n) is 3.32. The fraction of sp³-hybridized carbons (Fsp3) is 0.214. The molecule has 3 rings (SSSR count). The summed E-state index contributed by atoms with van der Waals surface area (Å²) in [7, 11) is 1.43. The second-order valence-electron chi connectivity index (χ2n) is 4.33. The Labute approximate surface area is 103 Å². The number of alkyl halides is 1. The monoisotopic (exact) mass is 248 g/mol. The first kappa shape index (κ1) is 11.1. The Morgan fingerprint density at radius 3 is 2.89 bits per heavy atom. The van der Waals surface area contributed by atoms with Crippen LogP contribution in [0.15, 0.2) is 35.6 Å². The van der Waals surface area contributed by atoms with Crippen molar-refractivity contribution in [2.24, 2.45) is 0 Å². The van der Waals surface area contributed by atoms with Crippen LogP contribution >= 0.6 is 0 Å². The zero-order valence-electron chi connectivity index (χ0n) is 9.67. The molecule has 1 atom stereocenters. The standard InChI is InChI=1S/C14H10F2O2/c1-18-12-6-11(16)14(17)10-5-7-4-8(15)2-3-9(7)13(10)12/h2-4,6,11H,5H2,1H3. The van der Waals surface area contributed by atoms with Crippen molar-refractivity contribution in [3.63, 3.8) is 0 Å². The van der Waals surface area contributed by atoms with Crippen LogP contribution in [0, 0.1) is 5.82 Å². The third kappa shape index (κ3) is 1.41. The number of Topliss-reactive ketones (excluding diaryl/α,β-unsaturated/α-hetero) is 1. The van der Waals surface area contributed by atoms with Crippen molar-refractivity contribution in [2.45, 2.75) is 12.6 Å². The predicted molar refractivity (Wildman–Crippen MR) is 62.0 cm³/mol. The highest BCUT2D eigenvalue weighted by atomic mass is 19.1. The number of allylic oxidation sites excluding steroid dienone is 3. The maximum absolute atomic E-state index is 13.5. The number of rotatable bonds is 1. The number of benzene rings is 1. The highest BCUT2D eigenvalue weighted by Crippen LogP contribution is 2.41. The zero-order valence-corrected chi connectivity index (χ0v) is 9.67. The van der Waals surface area contributed by atoms with Gasteiger partial charge < -0.3 is 4.74 Å². The van der Waals surface area contributed by atoms with Gasteiger partial charge in [-0.1, -0.05) is 6.07 Å². The fourth-order valence-electron chi connectivity index (χ4n) is 2.51. The smallest absolute Gasteiger partial charge is 0.198 e. The number of carbonyl (C=O) groups excluding carboxylic acids is 1. The van der Waals surface area contributed by atoms with E-state index in [0.29, 0.717) is 22.5 Å². The second kappa shape index (κ2) is 3.77. The lowest BCUT2D eigenvalue weighted by Crippen LogP contribution is -2.21. The molecule has 0 bridgehead atoms. The van der Waals surface area contributed by atoms with Crippen LogP contribution in [0.2, 0.25) is 0 Å². The number of hydrogen-bond acceptors (Lipinski definition) is 2. The SMILES string of the molecule is COC1=CC(F)C(=O)C2=C1c1ccc(F)cc1C2. The average molecular weight is 248 g/mol. The van der Waals surface area contributed by atoms with Crippen LogP contribution in [-0.4, -0.2) is 19.1 Å². The van der Waals surface area contributed by atoms with Crippen molar-refractivity contribution in [2.75, 3.05) is 7.11 Å². The molecular formula is C14H10F2O2. The predicted octanol–water partition coefficient (Wildman–Crippen LogP) is 2.59. The van der Waals surface area contributed by atoms with Crippen LogP contribution in [-0.2, 0) is 16.0 Å². The van der Waals surface area contributed by atoms with Crippen LogP contribution in [0.1, 0.15) is 11.1 Å². The van der Waals surface area contributed by atoms with Gasteiger partial charge in [-0.05, 0) is 23.3 Å². The van der Waals surface area contributed by atoms with Crippen LogP contribution in [0.5, 0.6) is 0 Å². The van der Waals surface area contributed by atoms with E-state index in [2.05, 4.69) is 0 Å². The minimum atomic E-state index is -1.67. The molecule has 2 aliphatic carbocycles. The van der Waals surface area contributed by atoms with Gasteiger partial charge >= 0.3 is 0 Å². The highest BCUT2D eigenvalue weighted by Gasteiger charge is 2.36. The Morgan fingerprint density at radius 1 is 1.39 bits per heavy atom. The van der Waals surface area contributed by atoms with Gasteiger partial charge in [0.15, 0.2) is 12.0 Å². The molecule has 2 nitrogen and oxygen atoms in total. The van der Waals surface area contributed by atoms with Crippen molar-refractivity contribution < 1.29 is 18.3 Å². The molecule has 1 aromatic carbocycles. The van der Waals surface area contributed by atoms with Crippen molar-refractivity contribution in [1.29, 1.82) is 0 Å². The van der Waals surface area contributed by atoms with Crippen LogP contribution in [0.25, 0.3) is 5.57 Å². The molecular weight excluding hydrogens is 238 g/mol. The largest absolute Gasteiger partial charge is 0.496 e. The fourth-order valence-corrected chi connectivity index (χ4v) is 2.51. The van der Waals surface area contributed by atoms with Gasteiger partial charge in [-0.25, -0.2) is 8.78 Å². The molecule has 0 saturated carbocycles. The van der Waals surface area contributed by atoms with Crippen molar-refractivity contribution in [3.8, 4) is 0 Å².